The minimum absolute atomic E-state index is 0.134. The van der Waals surface area contributed by atoms with Crippen LogP contribution in [0.1, 0.15) is 86.7 Å². The predicted molar refractivity (Wildman–Crippen MR) is 132 cm³/mol. The van der Waals surface area contributed by atoms with Crippen molar-refractivity contribution in [2.75, 3.05) is 25.0 Å². The Bertz CT molecular complexity index is 888. The summed E-state index contributed by atoms with van der Waals surface area (Å²) in [6.45, 7) is 8.05. The normalized spacial score (nSPS) is 14.6. The van der Waals surface area contributed by atoms with E-state index in [0.717, 1.165) is 37.1 Å². The van der Waals surface area contributed by atoms with Gasteiger partial charge in [-0.3, -0.25) is 14.9 Å². The zero-order valence-electron chi connectivity index (χ0n) is 19.9. The molecule has 0 bridgehead atoms. The van der Waals surface area contributed by atoms with Crippen molar-refractivity contribution in [1.29, 1.82) is 0 Å². The van der Waals surface area contributed by atoms with E-state index in [-0.39, 0.29) is 22.4 Å². The van der Waals surface area contributed by atoms with E-state index in [0.29, 0.717) is 11.3 Å². The molecule has 32 heavy (non-hydrogen) atoms. The highest BCUT2D eigenvalue weighted by Gasteiger charge is 2.24. The average molecular weight is 440 g/mol. The van der Waals surface area contributed by atoms with Crippen LogP contribution < -0.4 is 10.2 Å². The standard InChI is InChI=1S/C22H27N3O3.C4H10/c1-16(18-9-5-6-10-19(18)22(26)23-2)17-11-12-20(21(15-17)25(27)28)24-13-7-3-4-8-14-24;1-3-4-2/h5-6,9-12,15-16H,3-4,7-8,13-14H2,1-2H3,(H,23,26);3-4H2,1-2H3. The maximum absolute atomic E-state index is 12.2. The molecule has 6 heteroatoms. The van der Waals surface area contributed by atoms with Crippen molar-refractivity contribution in [3.63, 3.8) is 0 Å². The summed E-state index contributed by atoms with van der Waals surface area (Å²) in [7, 11) is 1.60. The van der Waals surface area contributed by atoms with Crippen LogP contribution in [0.3, 0.4) is 0 Å². The summed E-state index contributed by atoms with van der Waals surface area (Å²) in [5.74, 6) is -0.288. The summed E-state index contributed by atoms with van der Waals surface area (Å²) in [6, 6.07) is 12.9. The van der Waals surface area contributed by atoms with E-state index >= 15 is 0 Å². The van der Waals surface area contributed by atoms with E-state index < -0.39 is 0 Å². The Hall–Kier alpha value is -2.89. The van der Waals surface area contributed by atoms with Gasteiger partial charge >= 0.3 is 0 Å². The van der Waals surface area contributed by atoms with Gasteiger partial charge in [-0.2, -0.15) is 0 Å². The molecule has 1 atom stereocenters. The van der Waals surface area contributed by atoms with E-state index in [1.54, 1.807) is 19.2 Å². The second kappa shape index (κ2) is 12.8. The van der Waals surface area contributed by atoms with Gasteiger partial charge in [-0.1, -0.05) is 70.7 Å². The number of nitrogens with zero attached hydrogens (tertiary/aromatic N) is 2. The quantitative estimate of drug-likeness (QED) is 0.424. The predicted octanol–water partition coefficient (Wildman–Crippen LogP) is 6.29. The Balaban J connectivity index is 0.000000837. The van der Waals surface area contributed by atoms with Gasteiger partial charge in [-0.05, 0) is 36.1 Å². The van der Waals surface area contributed by atoms with Crippen LogP contribution >= 0.6 is 0 Å². The van der Waals surface area contributed by atoms with Crippen molar-refractivity contribution in [3.8, 4) is 0 Å². The third kappa shape index (κ3) is 6.55. The molecule has 174 valence electrons. The van der Waals surface area contributed by atoms with Crippen molar-refractivity contribution < 1.29 is 9.72 Å². The van der Waals surface area contributed by atoms with Crippen LogP contribution in [-0.4, -0.2) is 31.0 Å². The molecule has 6 nitrogen and oxygen atoms in total. The van der Waals surface area contributed by atoms with Gasteiger partial charge in [0.2, 0.25) is 0 Å². The number of benzene rings is 2. The van der Waals surface area contributed by atoms with Gasteiger partial charge in [0.05, 0.1) is 4.92 Å². The van der Waals surface area contributed by atoms with E-state index in [9.17, 15) is 14.9 Å². The lowest BCUT2D eigenvalue weighted by Gasteiger charge is -2.23. The lowest BCUT2D eigenvalue weighted by Crippen LogP contribution is -2.24. The minimum atomic E-state index is -0.291. The minimum Gasteiger partial charge on any atom is -0.366 e. The Kier molecular flexibility index (Phi) is 10.2. The number of rotatable bonds is 6. The molecule has 1 aliphatic rings. The van der Waals surface area contributed by atoms with Crippen LogP contribution in [0.15, 0.2) is 42.5 Å². The van der Waals surface area contributed by atoms with E-state index in [4.69, 9.17) is 0 Å². The Morgan fingerprint density at radius 3 is 2.25 bits per heavy atom. The zero-order valence-corrected chi connectivity index (χ0v) is 19.9. The number of carbonyl (C=O) groups is 1. The fraction of sp³-hybridized carbons (Fsp3) is 0.500. The van der Waals surface area contributed by atoms with Gasteiger partial charge in [0.15, 0.2) is 0 Å². The molecular formula is C26H37N3O3. The largest absolute Gasteiger partial charge is 0.366 e. The number of hydrogen-bond donors (Lipinski definition) is 1. The first-order valence-electron chi connectivity index (χ1n) is 11.8. The van der Waals surface area contributed by atoms with E-state index in [1.807, 2.05) is 37.3 Å². The molecule has 3 rings (SSSR count). The summed E-state index contributed by atoms with van der Waals surface area (Å²) in [4.78, 5) is 25.9. The Morgan fingerprint density at radius 1 is 1.06 bits per heavy atom. The van der Waals surface area contributed by atoms with Crippen molar-refractivity contribution in [2.45, 2.75) is 65.2 Å². The average Bonchev–Trinajstić information content (AvgIpc) is 3.12. The molecule has 2 aromatic carbocycles. The summed E-state index contributed by atoms with van der Waals surface area (Å²) < 4.78 is 0. The molecule has 0 radical (unpaired) electrons. The molecular weight excluding hydrogens is 402 g/mol. The smallest absolute Gasteiger partial charge is 0.292 e. The first-order chi connectivity index (χ1) is 15.4. The summed E-state index contributed by atoms with van der Waals surface area (Å²) >= 11 is 0. The first-order valence-corrected chi connectivity index (χ1v) is 11.8. The summed E-state index contributed by atoms with van der Waals surface area (Å²) in [5, 5.41) is 14.5. The van der Waals surface area contributed by atoms with Crippen molar-refractivity contribution in [2.24, 2.45) is 0 Å². The van der Waals surface area contributed by atoms with E-state index in [1.165, 1.54) is 25.7 Å². The number of nitrogens with one attached hydrogen (secondary N) is 1. The van der Waals surface area contributed by atoms with E-state index in [2.05, 4.69) is 24.1 Å². The van der Waals surface area contributed by atoms with Gasteiger partial charge in [-0.15, -0.1) is 0 Å². The molecule has 1 fully saturated rings. The highest BCUT2D eigenvalue weighted by molar-refractivity contribution is 5.95. The molecule has 1 aliphatic heterocycles. The third-order valence-electron chi connectivity index (χ3n) is 6.04. The molecule has 0 aliphatic carbocycles. The van der Waals surface area contributed by atoms with Crippen molar-refractivity contribution in [1.82, 2.24) is 5.32 Å². The lowest BCUT2D eigenvalue weighted by molar-refractivity contribution is -0.384. The van der Waals surface area contributed by atoms with Crippen LogP contribution in [0.2, 0.25) is 0 Å². The molecule has 1 heterocycles. The highest BCUT2D eigenvalue weighted by atomic mass is 16.6. The van der Waals surface area contributed by atoms with Gasteiger partial charge in [-0.25, -0.2) is 0 Å². The number of carbonyl (C=O) groups excluding carboxylic acids is 1. The Morgan fingerprint density at radius 2 is 1.69 bits per heavy atom. The molecule has 1 amide bonds. The van der Waals surface area contributed by atoms with Crippen LogP contribution in [-0.2, 0) is 0 Å². The Labute approximate surface area is 192 Å². The molecule has 1 unspecified atom stereocenters. The second-order valence-electron chi connectivity index (χ2n) is 8.29. The van der Waals surface area contributed by atoms with Crippen molar-refractivity contribution >= 4 is 17.3 Å². The fourth-order valence-corrected chi connectivity index (χ4v) is 3.93. The summed E-state index contributed by atoms with van der Waals surface area (Å²) in [5.41, 5.74) is 3.13. The molecule has 1 N–H and O–H groups in total. The zero-order chi connectivity index (χ0) is 23.5. The molecule has 0 aromatic heterocycles. The molecule has 0 saturated carbocycles. The van der Waals surface area contributed by atoms with Crippen LogP contribution in [0.5, 0.6) is 0 Å². The van der Waals surface area contributed by atoms with Crippen LogP contribution in [0.4, 0.5) is 11.4 Å². The second-order valence-corrected chi connectivity index (χ2v) is 8.29. The number of unbranched alkanes of at least 4 members (excludes halogenated alkanes) is 1. The van der Waals surface area contributed by atoms with Crippen LogP contribution in [0.25, 0.3) is 0 Å². The van der Waals surface area contributed by atoms with Gasteiger partial charge in [0, 0.05) is 37.7 Å². The van der Waals surface area contributed by atoms with Gasteiger partial charge in [0.1, 0.15) is 5.69 Å². The third-order valence-corrected chi connectivity index (χ3v) is 6.04. The SMILES string of the molecule is CCCC.CNC(=O)c1ccccc1C(C)c1ccc(N2CCCCCC2)c([N+](=O)[O-])c1. The number of amides is 1. The number of nitro groups is 1. The number of nitro benzene ring substituents is 1. The summed E-state index contributed by atoms with van der Waals surface area (Å²) in [6.07, 6.45) is 7.12. The maximum atomic E-state index is 12.2. The first kappa shape index (κ1) is 25.4. The number of hydrogen-bond acceptors (Lipinski definition) is 4. The topological polar surface area (TPSA) is 75.5 Å². The molecule has 2 aromatic rings. The highest BCUT2D eigenvalue weighted by Crippen LogP contribution is 2.35. The fourth-order valence-electron chi connectivity index (χ4n) is 3.93. The lowest BCUT2D eigenvalue weighted by atomic mass is 9.89. The van der Waals surface area contributed by atoms with Crippen molar-refractivity contribution in [3.05, 3.63) is 69.3 Å². The van der Waals surface area contributed by atoms with Gasteiger partial charge < -0.3 is 10.2 Å². The van der Waals surface area contributed by atoms with Crippen LogP contribution in [0, 0.1) is 10.1 Å². The molecule has 1 saturated heterocycles. The molecule has 0 spiro atoms. The monoisotopic (exact) mass is 439 g/mol. The van der Waals surface area contributed by atoms with Gasteiger partial charge in [0.25, 0.3) is 11.6 Å². The maximum Gasteiger partial charge on any atom is 0.292 e. The number of anilines is 1.